The van der Waals surface area contributed by atoms with Crippen LogP contribution in [0.25, 0.3) is 0 Å². The van der Waals surface area contributed by atoms with Crippen molar-refractivity contribution in [3.05, 3.63) is 12.2 Å². The van der Waals surface area contributed by atoms with E-state index in [2.05, 4.69) is 6.58 Å². The Hall–Kier alpha value is -1.93. The van der Waals surface area contributed by atoms with Crippen molar-refractivity contribution in [2.75, 3.05) is 0 Å². The summed E-state index contributed by atoms with van der Waals surface area (Å²) in [4.78, 5) is 36.9. The summed E-state index contributed by atoms with van der Waals surface area (Å²) >= 11 is 0. The van der Waals surface area contributed by atoms with Crippen LogP contribution in [-0.4, -0.2) is 53.2 Å². The second-order valence-corrected chi connectivity index (χ2v) is 8.93. The van der Waals surface area contributed by atoms with Crippen molar-refractivity contribution in [2.45, 2.75) is 69.7 Å². The molecule has 0 aromatic rings. The zero-order valence-electron chi connectivity index (χ0n) is 16.1. The topological polar surface area (TPSA) is 108 Å². The van der Waals surface area contributed by atoms with Gasteiger partial charge in [-0.3, -0.25) is 9.59 Å². The van der Waals surface area contributed by atoms with Gasteiger partial charge >= 0.3 is 11.9 Å². The Morgan fingerprint density at radius 3 is 2.68 bits per heavy atom. The fraction of sp³-hybridized carbons (Fsp3) is 0.750. The fourth-order valence-electron chi connectivity index (χ4n) is 7.59. The van der Waals surface area contributed by atoms with E-state index in [1.165, 1.54) is 6.92 Å². The van der Waals surface area contributed by atoms with Crippen LogP contribution in [0.1, 0.15) is 40.0 Å². The van der Waals surface area contributed by atoms with E-state index in [0.29, 0.717) is 19.3 Å². The van der Waals surface area contributed by atoms with Crippen LogP contribution in [0.4, 0.5) is 0 Å². The summed E-state index contributed by atoms with van der Waals surface area (Å²) in [5, 5.41) is 11.8. The maximum atomic E-state index is 13.3. The molecule has 2 aliphatic carbocycles. The highest BCUT2D eigenvalue weighted by Gasteiger charge is 2.98. The Morgan fingerprint density at radius 1 is 1.36 bits per heavy atom. The average Bonchev–Trinajstić information content (AvgIpc) is 3.28. The summed E-state index contributed by atoms with van der Waals surface area (Å²) in [6.45, 7) is 9.81. The lowest BCUT2D eigenvalue weighted by Gasteiger charge is -2.44. The highest BCUT2D eigenvalue weighted by Crippen LogP contribution is 2.82. The molecule has 9 atom stereocenters. The first kappa shape index (κ1) is 18.1. The Labute approximate surface area is 162 Å². The van der Waals surface area contributed by atoms with Crippen molar-refractivity contribution >= 4 is 18.4 Å². The molecule has 0 aromatic heterocycles. The summed E-state index contributed by atoms with van der Waals surface area (Å²) in [5.74, 6) is -2.40. The van der Waals surface area contributed by atoms with Gasteiger partial charge in [0.1, 0.15) is 12.2 Å². The minimum atomic E-state index is -1.89. The maximum Gasteiger partial charge on any atom is 0.342 e. The molecule has 0 amide bonds. The summed E-state index contributed by atoms with van der Waals surface area (Å²) in [7, 11) is 0. The van der Waals surface area contributed by atoms with Crippen LogP contribution in [0, 0.1) is 22.7 Å². The first-order valence-corrected chi connectivity index (χ1v) is 9.75. The van der Waals surface area contributed by atoms with Gasteiger partial charge in [-0.1, -0.05) is 19.1 Å². The molecule has 152 valence electrons. The summed E-state index contributed by atoms with van der Waals surface area (Å²) < 4.78 is 22.9. The second kappa shape index (κ2) is 4.97. The van der Waals surface area contributed by atoms with Gasteiger partial charge in [-0.2, -0.15) is 0 Å². The van der Waals surface area contributed by atoms with Crippen molar-refractivity contribution in [3.63, 3.8) is 0 Å². The summed E-state index contributed by atoms with van der Waals surface area (Å²) in [5.41, 5.74) is -4.63. The van der Waals surface area contributed by atoms with Crippen molar-refractivity contribution in [3.8, 4) is 0 Å². The van der Waals surface area contributed by atoms with Crippen LogP contribution in [-0.2, 0) is 33.3 Å². The first-order chi connectivity index (χ1) is 13.2. The lowest BCUT2D eigenvalue weighted by molar-refractivity contribution is -0.243. The van der Waals surface area contributed by atoms with E-state index in [1.54, 1.807) is 0 Å². The van der Waals surface area contributed by atoms with Gasteiger partial charge in [-0.05, 0) is 32.6 Å². The lowest BCUT2D eigenvalue weighted by atomic mass is 9.54. The maximum absolute atomic E-state index is 13.3. The fourth-order valence-corrected chi connectivity index (χ4v) is 7.59. The Morgan fingerprint density at radius 2 is 2.07 bits per heavy atom. The number of esters is 2. The second-order valence-electron chi connectivity index (χ2n) is 8.93. The summed E-state index contributed by atoms with van der Waals surface area (Å²) in [6, 6.07) is 0. The molecule has 2 saturated carbocycles. The monoisotopic (exact) mass is 392 g/mol. The molecule has 28 heavy (non-hydrogen) atoms. The Kier molecular flexibility index (Phi) is 3.22. The normalized spacial score (nSPS) is 55.4. The smallest absolute Gasteiger partial charge is 0.342 e. The number of aliphatic hydroxyl groups is 1. The van der Waals surface area contributed by atoms with Gasteiger partial charge in [0, 0.05) is 6.42 Å². The quantitative estimate of drug-likeness (QED) is 0.325. The molecule has 5 rings (SSSR count). The molecule has 3 aliphatic heterocycles. The molecule has 6 unspecified atom stereocenters. The predicted molar refractivity (Wildman–Crippen MR) is 91.3 cm³/mol. The first-order valence-electron chi connectivity index (χ1n) is 9.75. The number of fused-ring (bicyclic) bond motifs is 1. The zero-order valence-corrected chi connectivity index (χ0v) is 16.1. The molecule has 8 nitrogen and oxygen atoms in total. The van der Waals surface area contributed by atoms with E-state index in [1.807, 2.05) is 13.8 Å². The van der Waals surface area contributed by atoms with E-state index >= 15 is 0 Å². The Balaban J connectivity index is 1.82. The average molecular weight is 392 g/mol. The number of rotatable bonds is 4. The lowest BCUT2D eigenvalue weighted by Crippen LogP contribution is -2.65. The van der Waals surface area contributed by atoms with Gasteiger partial charge in [0.25, 0.3) is 6.47 Å². The molecule has 1 N–H and O–H groups in total. The van der Waals surface area contributed by atoms with Gasteiger partial charge in [-0.15, -0.1) is 0 Å². The van der Waals surface area contributed by atoms with Crippen LogP contribution in [0.2, 0.25) is 0 Å². The molecule has 8 heteroatoms. The highest BCUT2D eigenvalue weighted by molar-refractivity contribution is 5.92. The van der Waals surface area contributed by atoms with Gasteiger partial charge in [0.05, 0.1) is 16.7 Å². The zero-order chi connectivity index (χ0) is 20.3. The van der Waals surface area contributed by atoms with Gasteiger partial charge in [-0.25, -0.2) is 4.79 Å². The predicted octanol–water partition coefficient (Wildman–Crippen LogP) is 0.855. The molecule has 1 spiro atoms. The molecule has 5 aliphatic rings. The number of carbonyl (C=O) groups excluding carboxylic acids is 3. The Bertz CT molecular complexity index is 823. The van der Waals surface area contributed by atoms with E-state index in [-0.39, 0.29) is 12.3 Å². The van der Waals surface area contributed by atoms with E-state index < -0.39 is 58.4 Å². The largest absolute Gasteiger partial charge is 0.459 e. The van der Waals surface area contributed by atoms with Crippen LogP contribution in [0.5, 0.6) is 0 Å². The molecule has 3 heterocycles. The minimum absolute atomic E-state index is 0.143. The van der Waals surface area contributed by atoms with Crippen molar-refractivity contribution in [1.29, 1.82) is 0 Å². The standard InChI is InChI=1S/C20H24O8/c1-5-17-11(9(2)3)6-12-18(17)7-13-19(24,10(4)14(22)26-13)20(18,15(23)27-12)28-16(17)25-8-21/h8,10-13,16,24H,2,5-7H2,1,3-4H3/t10-,11+,12?,13?,16?,17?,18?,19-,20?/m1/s1. The van der Waals surface area contributed by atoms with E-state index in [4.69, 9.17) is 18.9 Å². The van der Waals surface area contributed by atoms with Crippen LogP contribution in [0.3, 0.4) is 0 Å². The summed E-state index contributed by atoms with van der Waals surface area (Å²) in [6.07, 6.45) is -1.23. The SMILES string of the molecule is C=C(C)[C@@H]1CC2OC(=O)C34OC(OC=O)C1(CC)C23CC1OC(=O)[C@@H](C)[C@@]14O. The minimum Gasteiger partial charge on any atom is -0.459 e. The molecule has 3 saturated heterocycles. The van der Waals surface area contributed by atoms with Crippen molar-refractivity contribution < 1.29 is 38.4 Å². The van der Waals surface area contributed by atoms with Crippen molar-refractivity contribution in [1.82, 2.24) is 0 Å². The third-order valence-electron chi connectivity index (χ3n) is 8.51. The molecule has 0 radical (unpaired) electrons. The van der Waals surface area contributed by atoms with Crippen LogP contribution in [0.15, 0.2) is 12.2 Å². The number of ether oxygens (including phenoxy) is 4. The molecular formula is C20H24O8. The molecule has 5 fully saturated rings. The van der Waals surface area contributed by atoms with E-state index in [9.17, 15) is 19.5 Å². The van der Waals surface area contributed by atoms with Gasteiger partial charge in [0.2, 0.25) is 11.9 Å². The molecular weight excluding hydrogens is 368 g/mol. The van der Waals surface area contributed by atoms with Crippen LogP contribution < -0.4 is 0 Å². The number of carbonyl (C=O) groups is 3. The molecule has 0 aromatic carbocycles. The third kappa shape index (κ3) is 1.36. The highest BCUT2D eigenvalue weighted by atomic mass is 16.7. The molecule has 0 bridgehead atoms. The number of allylic oxidation sites excluding steroid dienone is 1. The number of hydrogen-bond acceptors (Lipinski definition) is 8. The van der Waals surface area contributed by atoms with Gasteiger partial charge < -0.3 is 24.1 Å². The van der Waals surface area contributed by atoms with Crippen LogP contribution >= 0.6 is 0 Å². The third-order valence-corrected chi connectivity index (χ3v) is 8.51. The van der Waals surface area contributed by atoms with Gasteiger partial charge in [0.15, 0.2) is 5.60 Å². The van der Waals surface area contributed by atoms with E-state index in [0.717, 1.165) is 5.57 Å². The van der Waals surface area contributed by atoms with Crippen molar-refractivity contribution in [2.24, 2.45) is 22.7 Å². The number of hydrogen-bond donors (Lipinski definition) is 1.